The van der Waals surface area contributed by atoms with Gasteiger partial charge >= 0.3 is 0 Å². The lowest BCUT2D eigenvalue weighted by molar-refractivity contribution is -0.384. The van der Waals surface area contributed by atoms with Gasteiger partial charge in [-0.05, 0) is 42.7 Å². The van der Waals surface area contributed by atoms with Crippen molar-refractivity contribution in [2.45, 2.75) is 34.3 Å². The van der Waals surface area contributed by atoms with E-state index in [2.05, 4.69) is 15.5 Å². The van der Waals surface area contributed by atoms with Crippen LogP contribution in [0.25, 0.3) is 0 Å². The van der Waals surface area contributed by atoms with Crippen molar-refractivity contribution < 1.29 is 18.1 Å². The molecule has 1 aromatic heterocycles. The molecule has 1 N–H and O–H groups in total. The van der Waals surface area contributed by atoms with Gasteiger partial charge in [-0.25, -0.2) is 8.42 Å². The minimum Gasteiger partial charge on any atom is -0.296 e. The maximum absolute atomic E-state index is 12.8. The molecule has 10 nitrogen and oxygen atoms in total. The summed E-state index contributed by atoms with van der Waals surface area (Å²) in [6.07, 6.45) is 2.74. The number of hydrogen-bond acceptors (Lipinski definition) is 9. The largest absolute Gasteiger partial charge is 0.296 e. The highest BCUT2D eigenvalue weighted by atomic mass is 32.2. The van der Waals surface area contributed by atoms with E-state index in [0.717, 1.165) is 24.8 Å². The number of non-ortho nitro benzene ring substituents is 1. The van der Waals surface area contributed by atoms with Crippen LogP contribution in [0.4, 0.5) is 10.8 Å². The van der Waals surface area contributed by atoms with Gasteiger partial charge in [0.2, 0.25) is 15.2 Å². The summed E-state index contributed by atoms with van der Waals surface area (Å²) < 4.78 is 27.6. The summed E-state index contributed by atoms with van der Waals surface area (Å²) in [7, 11) is -3.56. The van der Waals surface area contributed by atoms with Gasteiger partial charge in [-0.1, -0.05) is 41.7 Å². The quantitative estimate of drug-likeness (QED) is 0.203. The number of nitro groups is 1. The van der Waals surface area contributed by atoms with Gasteiger partial charge in [0.15, 0.2) is 4.34 Å². The van der Waals surface area contributed by atoms with E-state index >= 15 is 0 Å². The Morgan fingerprint density at radius 2 is 1.85 bits per heavy atom. The van der Waals surface area contributed by atoms with Gasteiger partial charge in [-0.3, -0.25) is 20.2 Å². The number of hydrogen-bond donors (Lipinski definition) is 1. The Bertz CT molecular complexity index is 1290. The van der Waals surface area contributed by atoms with E-state index in [0.29, 0.717) is 33.9 Å². The van der Waals surface area contributed by atoms with E-state index in [4.69, 9.17) is 0 Å². The number of carbonyl (C=O) groups is 1. The number of thioether (sulfide) groups is 1. The van der Waals surface area contributed by atoms with Crippen molar-refractivity contribution in [1.82, 2.24) is 14.5 Å². The van der Waals surface area contributed by atoms with Gasteiger partial charge in [0.1, 0.15) is 0 Å². The Labute approximate surface area is 204 Å². The molecule has 1 aliphatic rings. The smallest absolute Gasteiger partial charge is 0.269 e. The summed E-state index contributed by atoms with van der Waals surface area (Å²) in [5.74, 6) is 0.0466. The Morgan fingerprint density at radius 3 is 2.56 bits per heavy atom. The predicted molar refractivity (Wildman–Crippen MR) is 130 cm³/mol. The second kappa shape index (κ2) is 10.6. The molecule has 0 unspecified atom stereocenters. The SMILES string of the molecule is O=C(Nc1nnc(SCc2cccc([N+](=O)[O-])c2)s1)c1ccc(S(=O)(=O)N2CCCCC2)cc1. The molecule has 34 heavy (non-hydrogen) atoms. The molecule has 0 atom stereocenters. The van der Waals surface area contributed by atoms with Gasteiger partial charge < -0.3 is 0 Å². The number of carbonyl (C=O) groups excluding carboxylic acids is 1. The fourth-order valence-corrected chi connectivity index (χ4v) is 6.63. The minimum absolute atomic E-state index is 0.0260. The van der Waals surface area contributed by atoms with E-state index in [1.165, 1.54) is 63.8 Å². The molecule has 4 rings (SSSR count). The average Bonchev–Trinajstić information content (AvgIpc) is 3.30. The number of nitrogens with zero attached hydrogens (tertiary/aromatic N) is 4. The van der Waals surface area contributed by atoms with Crippen molar-refractivity contribution in [1.29, 1.82) is 0 Å². The van der Waals surface area contributed by atoms with Crippen LogP contribution in [-0.2, 0) is 15.8 Å². The molecule has 0 saturated carbocycles. The first kappa shape index (κ1) is 24.3. The highest BCUT2D eigenvalue weighted by Crippen LogP contribution is 2.29. The third-order valence-corrected chi connectivity index (χ3v) is 9.14. The maximum atomic E-state index is 12.8. The van der Waals surface area contributed by atoms with Crippen LogP contribution in [0.2, 0.25) is 0 Å². The van der Waals surface area contributed by atoms with Crippen molar-refractivity contribution >= 4 is 49.8 Å². The van der Waals surface area contributed by atoms with Gasteiger partial charge in [0.25, 0.3) is 11.6 Å². The van der Waals surface area contributed by atoms with Crippen LogP contribution in [0, 0.1) is 10.1 Å². The second-order valence-electron chi connectivity index (χ2n) is 7.53. The zero-order chi connectivity index (χ0) is 24.1. The number of anilines is 1. The molecule has 1 aliphatic heterocycles. The molecule has 1 amide bonds. The van der Waals surface area contributed by atoms with E-state index < -0.39 is 20.9 Å². The van der Waals surface area contributed by atoms with Crippen LogP contribution in [0.15, 0.2) is 57.8 Å². The zero-order valence-electron chi connectivity index (χ0n) is 17.9. The third kappa shape index (κ3) is 5.78. The molecule has 178 valence electrons. The zero-order valence-corrected chi connectivity index (χ0v) is 20.4. The normalized spacial score (nSPS) is 14.6. The number of aromatic nitrogens is 2. The van der Waals surface area contributed by atoms with Crippen LogP contribution in [0.3, 0.4) is 0 Å². The number of nitrogens with one attached hydrogen (secondary N) is 1. The number of sulfonamides is 1. The number of nitro benzene ring substituents is 1. The van der Waals surface area contributed by atoms with Gasteiger partial charge in [0, 0.05) is 36.5 Å². The predicted octanol–water partition coefficient (Wildman–Crippen LogP) is 4.17. The molecule has 0 spiro atoms. The molecule has 0 radical (unpaired) electrons. The van der Waals surface area contributed by atoms with Crippen LogP contribution in [0.1, 0.15) is 35.2 Å². The first-order valence-corrected chi connectivity index (χ1v) is 13.7. The molecule has 13 heteroatoms. The summed E-state index contributed by atoms with van der Waals surface area (Å²) >= 11 is 2.54. The standard InChI is InChI=1S/C21H21N5O5S3/c27-19(16-7-9-18(10-8-16)34(30,31)25-11-2-1-3-12-25)22-20-23-24-21(33-20)32-14-15-5-4-6-17(13-15)26(28)29/h4-10,13H,1-3,11-12,14H2,(H,22,23,27). The lowest BCUT2D eigenvalue weighted by Crippen LogP contribution is -2.35. The maximum Gasteiger partial charge on any atom is 0.269 e. The van der Waals surface area contributed by atoms with Crippen LogP contribution in [0.5, 0.6) is 0 Å². The van der Waals surface area contributed by atoms with Crippen molar-refractivity contribution in [3.8, 4) is 0 Å². The van der Waals surface area contributed by atoms with Crippen LogP contribution in [-0.4, -0.2) is 46.8 Å². The molecule has 1 saturated heterocycles. The molecule has 2 heterocycles. The first-order chi connectivity index (χ1) is 16.3. The van der Waals surface area contributed by atoms with Crippen molar-refractivity contribution in [3.63, 3.8) is 0 Å². The number of benzene rings is 2. The Kier molecular flexibility index (Phi) is 7.56. The molecule has 2 aromatic carbocycles. The molecule has 1 fully saturated rings. The number of amides is 1. The summed E-state index contributed by atoms with van der Waals surface area (Å²) in [6, 6.07) is 12.2. The summed E-state index contributed by atoms with van der Waals surface area (Å²) in [5.41, 5.74) is 1.11. The van der Waals surface area contributed by atoms with E-state index in [9.17, 15) is 23.3 Å². The van der Waals surface area contributed by atoms with E-state index in [1.807, 2.05) is 0 Å². The number of rotatable bonds is 8. The Morgan fingerprint density at radius 1 is 1.12 bits per heavy atom. The fourth-order valence-electron chi connectivity index (χ4n) is 3.43. The highest BCUT2D eigenvalue weighted by Gasteiger charge is 2.26. The van der Waals surface area contributed by atoms with Gasteiger partial charge in [0.05, 0.1) is 9.82 Å². The molecule has 3 aromatic rings. The topological polar surface area (TPSA) is 135 Å². The van der Waals surface area contributed by atoms with Crippen LogP contribution < -0.4 is 5.32 Å². The second-order valence-corrected chi connectivity index (χ2v) is 11.7. The lowest BCUT2D eigenvalue weighted by Gasteiger charge is -2.25. The summed E-state index contributed by atoms with van der Waals surface area (Å²) in [5, 5.41) is 21.9. The van der Waals surface area contributed by atoms with Crippen molar-refractivity contribution in [3.05, 3.63) is 69.8 Å². The van der Waals surface area contributed by atoms with Crippen molar-refractivity contribution in [2.24, 2.45) is 0 Å². The van der Waals surface area contributed by atoms with Gasteiger partial charge in [-0.2, -0.15) is 4.31 Å². The summed E-state index contributed by atoms with van der Waals surface area (Å²) in [6.45, 7) is 1.03. The fraction of sp³-hybridized carbons (Fsp3) is 0.286. The minimum atomic E-state index is -3.56. The highest BCUT2D eigenvalue weighted by molar-refractivity contribution is 8.00. The van der Waals surface area contributed by atoms with Crippen LogP contribution >= 0.6 is 23.1 Å². The monoisotopic (exact) mass is 519 g/mol. The lowest BCUT2D eigenvalue weighted by atomic mass is 10.2. The molecule has 0 bridgehead atoms. The van der Waals surface area contributed by atoms with Gasteiger partial charge in [-0.15, -0.1) is 10.2 Å². The Hall–Kier alpha value is -2.87. The molecule has 0 aliphatic carbocycles. The van der Waals surface area contributed by atoms with E-state index in [-0.39, 0.29) is 10.6 Å². The van der Waals surface area contributed by atoms with Crippen molar-refractivity contribution in [2.75, 3.05) is 18.4 Å². The van der Waals surface area contributed by atoms with E-state index in [1.54, 1.807) is 12.1 Å². The summed E-state index contributed by atoms with van der Waals surface area (Å²) in [4.78, 5) is 23.2. The Balaban J connectivity index is 1.35. The number of piperidine rings is 1. The third-order valence-electron chi connectivity index (χ3n) is 5.18. The molecular weight excluding hydrogens is 498 g/mol. The average molecular weight is 520 g/mol. The molecular formula is C21H21N5O5S3. The first-order valence-electron chi connectivity index (χ1n) is 10.4.